The Hall–Kier alpha value is -1.33. The van der Waals surface area contributed by atoms with Crippen LogP contribution >= 0.6 is 11.6 Å². The van der Waals surface area contributed by atoms with Crippen molar-refractivity contribution in [2.24, 2.45) is 0 Å². The van der Waals surface area contributed by atoms with Crippen LogP contribution in [0.15, 0.2) is 18.3 Å². The molecule has 1 aliphatic heterocycles. The van der Waals surface area contributed by atoms with E-state index in [0.29, 0.717) is 24.1 Å². The van der Waals surface area contributed by atoms with E-state index < -0.39 is 0 Å². The lowest BCUT2D eigenvalue weighted by molar-refractivity contribution is -0.124. The van der Waals surface area contributed by atoms with E-state index >= 15 is 0 Å². The summed E-state index contributed by atoms with van der Waals surface area (Å²) in [6.45, 7) is 1.39. The van der Waals surface area contributed by atoms with Gasteiger partial charge in [-0.2, -0.15) is 0 Å². The van der Waals surface area contributed by atoms with Crippen LogP contribution in [0.25, 0.3) is 0 Å². The van der Waals surface area contributed by atoms with Crippen LogP contribution in [0.3, 0.4) is 0 Å². The average Bonchev–Trinajstić information content (AvgIpc) is 2.39. The van der Waals surface area contributed by atoms with Crippen LogP contribution in [0.4, 0.5) is 0 Å². The Morgan fingerprint density at radius 1 is 1.50 bits per heavy atom. The minimum atomic E-state index is -0.128. The first-order valence-corrected chi connectivity index (χ1v) is 6.23. The maximum absolute atomic E-state index is 11.6. The van der Waals surface area contributed by atoms with E-state index in [0.717, 1.165) is 12.8 Å². The molecule has 98 valence electrons. The summed E-state index contributed by atoms with van der Waals surface area (Å²) in [7, 11) is 0. The molecule has 5 nitrogen and oxygen atoms in total. The Kier molecular flexibility index (Phi) is 4.78. The van der Waals surface area contributed by atoms with Crippen molar-refractivity contribution in [1.82, 2.24) is 10.3 Å². The fourth-order valence-electron chi connectivity index (χ4n) is 1.71. The van der Waals surface area contributed by atoms with Crippen LogP contribution in [-0.4, -0.2) is 36.8 Å². The first kappa shape index (κ1) is 13.1. The highest BCUT2D eigenvalue weighted by molar-refractivity contribution is 6.29. The third-order valence-electron chi connectivity index (χ3n) is 2.66. The molecule has 1 amide bonds. The zero-order chi connectivity index (χ0) is 12.8. The Bertz CT molecular complexity index is 391. The summed E-state index contributed by atoms with van der Waals surface area (Å²) in [6.07, 6.45) is 3.20. The molecular weight excluding hydrogens is 256 g/mol. The van der Waals surface area contributed by atoms with Gasteiger partial charge >= 0.3 is 0 Å². The second kappa shape index (κ2) is 6.56. The first-order chi connectivity index (χ1) is 8.74. The SMILES string of the molecule is O=C(COc1ccc(Cl)nc1)NC1CCOCC1. The molecule has 0 atom stereocenters. The van der Waals surface area contributed by atoms with Crippen molar-refractivity contribution in [3.05, 3.63) is 23.5 Å². The number of amides is 1. The zero-order valence-electron chi connectivity index (χ0n) is 9.89. The molecule has 18 heavy (non-hydrogen) atoms. The largest absolute Gasteiger partial charge is 0.482 e. The van der Waals surface area contributed by atoms with E-state index in [1.807, 2.05) is 0 Å². The van der Waals surface area contributed by atoms with Gasteiger partial charge in [0.1, 0.15) is 10.9 Å². The smallest absolute Gasteiger partial charge is 0.258 e. The van der Waals surface area contributed by atoms with Crippen molar-refractivity contribution in [3.63, 3.8) is 0 Å². The van der Waals surface area contributed by atoms with Gasteiger partial charge < -0.3 is 14.8 Å². The number of pyridine rings is 1. The molecular formula is C12H15ClN2O3. The van der Waals surface area contributed by atoms with Gasteiger partial charge in [-0.3, -0.25) is 4.79 Å². The van der Waals surface area contributed by atoms with Crippen molar-refractivity contribution in [2.75, 3.05) is 19.8 Å². The Morgan fingerprint density at radius 3 is 2.94 bits per heavy atom. The average molecular weight is 271 g/mol. The number of rotatable bonds is 4. The molecule has 1 saturated heterocycles. The third kappa shape index (κ3) is 4.16. The van der Waals surface area contributed by atoms with Crippen LogP contribution < -0.4 is 10.1 Å². The molecule has 0 spiro atoms. The van der Waals surface area contributed by atoms with Crippen molar-refractivity contribution >= 4 is 17.5 Å². The Morgan fingerprint density at radius 2 is 2.28 bits per heavy atom. The predicted octanol–water partition coefficient (Wildman–Crippen LogP) is 1.41. The lowest BCUT2D eigenvalue weighted by Gasteiger charge is -2.23. The summed E-state index contributed by atoms with van der Waals surface area (Å²) in [5.41, 5.74) is 0. The number of nitrogens with one attached hydrogen (secondary N) is 1. The minimum absolute atomic E-state index is 0.0132. The second-order valence-corrected chi connectivity index (χ2v) is 4.45. The van der Waals surface area contributed by atoms with Crippen LogP contribution in [0.2, 0.25) is 5.15 Å². The molecule has 1 aliphatic rings. The fourth-order valence-corrected chi connectivity index (χ4v) is 1.82. The molecule has 1 N–H and O–H groups in total. The minimum Gasteiger partial charge on any atom is -0.482 e. The highest BCUT2D eigenvalue weighted by Crippen LogP contribution is 2.12. The quantitative estimate of drug-likeness (QED) is 0.841. The van der Waals surface area contributed by atoms with Crippen molar-refractivity contribution in [2.45, 2.75) is 18.9 Å². The van der Waals surface area contributed by atoms with Gasteiger partial charge in [-0.25, -0.2) is 4.98 Å². The topological polar surface area (TPSA) is 60.5 Å². The third-order valence-corrected chi connectivity index (χ3v) is 2.88. The van der Waals surface area contributed by atoms with E-state index in [-0.39, 0.29) is 18.6 Å². The van der Waals surface area contributed by atoms with Crippen LogP contribution in [0, 0.1) is 0 Å². The van der Waals surface area contributed by atoms with Crippen LogP contribution in [-0.2, 0) is 9.53 Å². The van der Waals surface area contributed by atoms with E-state index in [9.17, 15) is 4.79 Å². The molecule has 2 heterocycles. The number of ether oxygens (including phenoxy) is 2. The monoisotopic (exact) mass is 270 g/mol. The van der Waals surface area contributed by atoms with Crippen LogP contribution in [0.1, 0.15) is 12.8 Å². The lowest BCUT2D eigenvalue weighted by atomic mass is 10.1. The fraction of sp³-hybridized carbons (Fsp3) is 0.500. The molecule has 1 aromatic rings. The number of halogens is 1. The standard InChI is InChI=1S/C12H15ClN2O3/c13-11-2-1-10(7-14-11)18-8-12(16)15-9-3-5-17-6-4-9/h1-2,7,9H,3-6,8H2,(H,15,16). The molecule has 2 rings (SSSR count). The van der Waals surface area contributed by atoms with Gasteiger partial charge in [0, 0.05) is 19.3 Å². The van der Waals surface area contributed by atoms with Gasteiger partial charge in [0.05, 0.1) is 6.20 Å². The number of carbonyl (C=O) groups is 1. The van der Waals surface area contributed by atoms with E-state index in [1.54, 1.807) is 12.1 Å². The van der Waals surface area contributed by atoms with Gasteiger partial charge in [0.15, 0.2) is 6.61 Å². The molecule has 0 radical (unpaired) electrons. The summed E-state index contributed by atoms with van der Waals surface area (Å²) in [4.78, 5) is 15.5. The maximum Gasteiger partial charge on any atom is 0.258 e. The highest BCUT2D eigenvalue weighted by Gasteiger charge is 2.16. The predicted molar refractivity (Wildman–Crippen MR) is 66.7 cm³/mol. The van der Waals surface area contributed by atoms with Gasteiger partial charge in [-0.05, 0) is 25.0 Å². The summed E-state index contributed by atoms with van der Waals surface area (Å²) in [5, 5.41) is 3.31. The number of carbonyl (C=O) groups excluding carboxylic acids is 1. The lowest BCUT2D eigenvalue weighted by Crippen LogP contribution is -2.41. The normalized spacial score (nSPS) is 16.3. The van der Waals surface area contributed by atoms with Gasteiger partial charge in [0.2, 0.25) is 0 Å². The number of hydrogen-bond acceptors (Lipinski definition) is 4. The van der Waals surface area contributed by atoms with Gasteiger partial charge in [-0.15, -0.1) is 0 Å². The Labute approximate surface area is 110 Å². The maximum atomic E-state index is 11.6. The molecule has 1 aromatic heterocycles. The number of aromatic nitrogens is 1. The van der Waals surface area contributed by atoms with E-state index in [1.165, 1.54) is 6.20 Å². The number of hydrogen-bond donors (Lipinski definition) is 1. The van der Waals surface area contributed by atoms with Crippen molar-refractivity contribution < 1.29 is 14.3 Å². The van der Waals surface area contributed by atoms with Gasteiger partial charge in [-0.1, -0.05) is 11.6 Å². The summed E-state index contributed by atoms with van der Waals surface area (Å²) in [5.74, 6) is 0.401. The molecule has 0 aromatic carbocycles. The number of nitrogens with zero attached hydrogens (tertiary/aromatic N) is 1. The highest BCUT2D eigenvalue weighted by atomic mass is 35.5. The molecule has 0 saturated carbocycles. The van der Waals surface area contributed by atoms with Crippen molar-refractivity contribution in [3.8, 4) is 5.75 Å². The molecule has 6 heteroatoms. The second-order valence-electron chi connectivity index (χ2n) is 4.06. The summed E-state index contributed by atoms with van der Waals surface area (Å²) >= 11 is 5.65. The van der Waals surface area contributed by atoms with E-state index in [2.05, 4.69) is 10.3 Å². The first-order valence-electron chi connectivity index (χ1n) is 5.85. The molecule has 0 bridgehead atoms. The van der Waals surface area contributed by atoms with Gasteiger partial charge in [0.25, 0.3) is 5.91 Å². The van der Waals surface area contributed by atoms with E-state index in [4.69, 9.17) is 21.1 Å². The molecule has 1 fully saturated rings. The van der Waals surface area contributed by atoms with Crippen molar-refractivity contribution in [1.29, 1.82) is 0 Å². The zero-order valence-corrected chi connectivity index (χ0v) is 10.7. The summed E-state index contributed by atoms with van der Waals surface area (Å²) < 4.78 is 10.5. The Balaban J connectivity index is 1.72. The molecule has 0 aliphatic carbocycles. The summed E-state index contributed by atoms with van der Waals surface area (Å²) in [6, 6.07) is 3.49. The van der Waals surface area contributed by atoms with Crippen LogP contribution in [0.5, 0.6) is 5.75 Å². The molecule has 0 unspecified atom stereocenters.